The summed E-state index contributed by atoms with van der Waals surface area (Å²) in [5, 5.41) is 6.97. The van der Waals surface area contributed by atoms with Crippen LogP contribution >= 0.6 is 24.0 Å². The fourth-order valence-electron chi connectivity index (χ4n) is 2.83. The molecule has 0 spiro atoms. The Balaban J connectivity index is 0.00000400. The molecule has 0 amide bonds. The van der Waals surface area contributed by atoms with Crippen molar-refractivity contribution in [2.24, 2.45) is 4.99 Å². The predicted molar refractivity (Wildman–Crippen MR) is 104 cm³/mol. The molecule has 1 aliphatic carbocycles. The lowest BCUT2D eigenvalue weighted by Gasteiger charge is -2.26. The van der Waals surface area contributed by atoms with Crippen LogP contribution in [0.4, 0.5) is 0 Å². The van der Waals surface area contributed by atoms with Crippen LogP contribution in [0.1, 0.15) is 59.8 Å². The van der Waals surface area contributed by atoms with Crippen molar-refractivity contribution < 1.29 is 0 Å². The SMILES string of the molecule is CCNC(=NCCN(CC)C(C)C)NC1CCCCC1.I. The minimum atomic E-state index is 0. The normalized spacial score (nSPS) is 17.0. The third-order valence-corrected chi connectivity index (χ3v) is 4.08. The molecule has 2 N–H and O–H groups in total. The number of rotatable bonds is 7. The topological polar surface area (TPSA) is 39.7 Å². The smallest absolute Gasteiger partial charge is 0.191 e. The molecule has 0 bridgehead atoms. The Bertz CT molecular complexity index is 275. The van der Waals surface area contributed by atoms with E-state index < -0.39 is 0 Å². The maximum Gasteiger partial charge on any atom is 0.191 e. The van der Waals surface area contributed by atoms with Crippen molar-refractivity contribution in [3.63, 3.8) is 0 Å². The predicted octanol–water partition coefficient (Wildman–Crippen LogP) is 3.22. The number of hydrogen-bond donors (Lipinski definition) is 2. The quantitative estimate of drug-likeness (QED) is 0.385. The second-order valence-electron chi connectivity index (χ2n) is 5.96. The van der Waals surface area contributed by atoms with Crippen molar-refractivity contribution in [2.75, 3.05) is 26.2 Å². The first-order valence-corrected chi connectivity index (χ1v) is 8.46. The second-order valence-corrected chi connectivity index (χ2v) is 5.96. The van der Waals surface area contributed by atoms with Gasteiger partial charge in [0.25, 0.3) is 0 Å². The molecule has 21 heavy (non-hydrogen) atoms. The fraction of sp³-hybridized carbons (Fsp3) is 0.938. The molecule has 0 radical (unpaired) electrons. The summed E-state index contributed by atoms with van der Waals surface area (Å²) in [4.78, 5) is 7.18. The molecule has 0 aliphatic heterocycles. The molecule has 1 aliphatic rings. The van der Waals surface area contributed by atoms with Gasteiger partial charge < -0.3 is 10.6 Å². The van der Waals surface area contributed by atoms with E-state index >= 15 is 0 Å². The Morgan fingerprint density at radius 2 is 1.86 bits per heavy atom. The van der Waals surface area contributed by atoms with Crippen molar-refractivity contribution in [2.45, 2.75) is 71.9 Å². The molecule has 0 heterocycles. The molecule has 0 aromatic heterocycles. The molecule has 5 heteroatoms. The van der Waals surface area contributed by atoms with Crippen LogP contribution in [0.3, 0.4) is 0 Å². The average molecular weight is 410 g/mol. The zero-order valence-corrected chi connectivity index (χ0v) is 16.7. The maximum absolute atomic E-state index is 4.73. The monoisotopic (exact) mass is 410 g/mol. The minimum Gasteiger partial charge on any atom is -0.357 e. The summed E-state index contributed by atoms with van der Waals surface area (Å²) in [5.74, 6) is 0.999. The Labute approximate surface area is 148 Å². The van der Waals surface area contributed by atoms with Crippen molar-refractivity contribution in [3.05, 3.63) is 0 Å². The van der Waals surface area contributed by atoms with Crippen LogP contribution in [0.15, 0.2) is 4.99 Å². The second kappa shape index (κ2) is 12.5. The highest BCUT2D eigenvalue weighted by Gasteiger charge is 2.14. The third kappa shape index (κ3) is 8.86. The Kier molecular flexibility index (Phi) is 12.5. The molecule has 126 valence electrons. The van der Waals surface area contributed by atoms with E-state index in [1.54, 1.807) is 0 Å². The highest BCUT2D eigenvalue weighted by atomic mass is 127. The number of aliphatic imine (C=N–C) groups is 1. The first-order valence-electron chi connectivity index (χ1n) is 8.46. The van der Waals surface area contributed by atoms with E-state index in [1.807, 2.05) is 0 Å². The van der Waals surface area contributed by atoms with Crippen LogP contribution in [0.25, 0.3) is 0 Å². The highest BCUT2D eigenvalue weighted by Crippen LogP contribution is 2.17. The van der Waals surface area contributed by atoms with Gasteiger partial charge >= 0.3 is 0 Å². The number of halogens is 1. The van der Waals surface area contributed by atoms with Gasteiger partial charge in [-0.1, -0.05) is 26.2 Å². The van der Waals surface area contributed by atoms with E-state index in [0.29, 0.717) is 12.1 Å². The molecule has 0 saturated heterocycles. The number of hydrogen-bond acceptors (Lipinski definition) is 2. The first-order chi connectivity index (χ1) is 9.67. The zero-order valence-electron chi connectivity index (χ0n) is 14.3. The number of guanidine groups is 1. The van der Waals surface area contributed by atoms with Crippen LogP contribution in [-0.4, -0.2) is 49.1 Å². The number of likely N-dealkylation sites (N-methyl/N-ethyl adjacent to an activating group) is 1. The number of nitrogens with zero attached hydrogens (tertiary/aromatic N) is 2. The molecule has 4 nitrogen and oxygen atoms in total. The lowest BCUT2D eigenvalue weighted by Crippen LogP contribution is -2.44. The summed E-state index contributed by atoms with van der Waals surface area (Å²) in [6.07, 6.45) is 6.68. The maximum atomic E-state index is 4.73. The summed E-state index contributed by atoms with van der Waals surface area (Å²) in [5.41, 5.74) is 0. The zero-order chi connectivity index (χ0) is 14.8. The Morgan fingerprint density at radius 1 is 1.19 bits per heavy atom. The molecule has 0 atom stereocenters. The molecular weight excluding hydrogens is 375 g/mol. The van der Waals surface area contributed by atoms with Crippen molar-refractivity contribution in [1.82, 2.24) is 15.5 Å². The summed E-state index contributed by atoms with van der Waals surface area (Å²) in [6.45, 7) is 12.8. The van der Waals surface area contributed by atoms with Gasteiger partial charge in [0.2, 0.25) is 0 Å². The molecule has 0 aromatic carbocycles. The third-order valence-electron chi connectivity index (χ3n) is 4.08. The van der Waals surface area contributed by atoms with Crippen LogP contribution in [-0.2, 0) is 0 Å². The van der Waals surface area contributed by atoms with Gasteiger partial charge in [0.1, 0.15) is 0 Å². The van der Waals surface area contributed by atoms with Gasteiger partial charge in [-0.05, 0) is 40.2 Å². The molecule has 1 fully saturated rings. The summed E-state index contributed by atoms with van der Waals surface area (Å²) in [7, 11) is 0. The molecule has 1 saturated carbocycles. The van der Waals surface area contributed by atoms with Crippen LogP contribution in [0.2, 0.25) is 0 Å². The Morgan fingerprint density at radius 3 is 2.38 bits per heavy atom. The van der Waals surface area contributed by atoms with Gasteiger partial charge in [-0.15, -0.1) is 24.0 Å². The van der Waals surface area contributed by atoms with Gasteiger partial charge in [-0.2, -0.15) is 0 Å². The molecule has 1 rings (SSSR count). The van der Waals surface area contributed by atoms with Crippen LogP contribution < -0.4 is 10.6 Å². The lowest BCUT2D eigenvalue weighted by atomic mass is 9.96. The van der Waals surface area contributed by atoms with Gasteiger partial charge in [0.15, 0.2) is 5.96 Å². The summed E-state index contributed by atoms with van der Waals surface area (Å²) in [6, 6.07) is 1.22. The minimum absolute atomic E-state index is 0. The van der Waals surface area contributed by atoms with Crippen molar-refractivity contribution in [1.29, 1.82) is 0 Å². The lowest BCUT2D eigenvalue weighted by molar-refractivity contribution is 0.240. The van der Waals surface area contributed by atoms with E-state index in [-0.39, 0.29) is 24.0 Å². The Hall–Kier alpha value is -0.0400. The standard InChI is InChI=1S/C16H34N4.HI/c1-5-17-16(19-15-10-8-7-9-11-15)18-12-13-20(6-2)14(3)4;/h14-15H,5-13H2,1-4H3,(H2,17,18,19);1H. The van der Waals surface area contributed by atoms with E-state index in [2.05, 4.69) is 43.2 Å². The van der Waals surface area contributed by atoms with Crippen LogP contribution in [0.5, 0.6) is 0 Å². The van der Waals surface area contributed by atoms with Gasteiger partial charge in [-0.3, -0.25) is 9.89 Å². The first kappa shape index (κ1) is 21.0. The summed E-state index contributed by atoms with van der Waals surface area (Å²) >= 11 is 0. The molecular formula is C16H35IN4. The van der Waals surface area contributed by atoms with Crippen molar-refractivity contribution in [3.8, 4) is 0 Å². The highest BCUT2D eigenvalue weighted by molar-refractivity contribution is 14.0. The van der Waals surface area contributed by atoms with Gasteiger partial charge in [0.05, 0.1) is 6.54 Å². The molecule has 0 aromatic rings. The van der Waals surface area contributed by atoms with E-state index in [9.17, 15) is 0 Å². The average Bonchev–Trinajstić information content (AvgIpc) is 2.44. The van der Waals surface area contributed by atoms with E-state index in [0.717, 1.165) is 32.1 Å². The van der Waals surface area contributed by atoms with E-state index in [4.69, 9.17) is 4.99 Å². The largest absolute Gasteiger partial charge is 0.357 e. The molecule has 0 unspecified atom stereocenters. The van der Waals surface area contributed by atoms with Crippen molar-refractivity contribution >= 4 is 29.9 Å². The summed E-state index contributed by atoms with van der Waals surface area (Å²) < 4.78 is 0. The fourth-order valence-corrected chi connectivity index (χ4v) is 2.83. The van der Waals surface area contributed by atoms with E-state index in [1.165, 1.54) is 32.1 Å². The van der Waals surface area contributed by atoms with Crippen LogP contribution in [0, 0.1) is 0 Å². The van der Waals surface area contributed by atoms with Gasteiger partial charge in [-0.25, -0.2) is 0 Å². The van der Waals surface area contributed by atoms with Gasteiger partial charge in [0, 0.05) is 25.2 Å². The number of nitrogens with one attached hydrogen (secondary N) is 2.